The van der Waals surface area contributed by atoms with E-state index in [4.69, 9.17) is 0 Å². The molecule has 3 atom stereocenters. The number of aromatic amines is 1. The van der Waals surface area contributed by atoms with Gasteiger partial charge >= 0.3 is 0 Å². The normalized spacial score (nSPS) is 31.6. The van der Waals surface area contributed by atoms with Crippen molar-refractivity contribution in [2.75, 3.05) is 13.6 Å². The Morgan fingerprint density at radius 3 is 3.11 bits per heavy atom. The van der Waals surface area contributed by atoms with E-state index in [1.54, 1.807) is 5.56 Å². The minimum absolute atomic E-state index is 0.704. The lowest BCUT2D eigenvalue weighted by atomic mass is 9.73. The van der Waals surface area contributed by atoms with Gasteiger partial charge in [-0.05, 0) is 43.0 Å². The van der Waals surface area contributed by atoms with Crippen LogP contribution in [0, 0.1) is 5.92 Å². The summed E-state index contributed by atoms with van der Waals surface area (Å²) in [5.74, 6) is 1.54. The number of nitrogens with one attached hydrogen (secondary N) is 1. The molecule has 0 saturated carbocycles. The minimum Gasteiger partial charge on any atom is -0.361 e. The molecule has 0 spiro atoms. The van der Waals surface area contributed by atoms with Crippen LogP contribution in [0.5, 0.6) is 0 Å². The van der Waals surface area contributed by atoms with E-state index in [0.717, 1.165) is 11.8 Å². The van der Waals surface area contributed by atoms with E-state index in [1.165, 1.54) is 35.9 Å². The zero-order valence-electron chi connectivity index (χ0n) is 11.1. The molecule has 1 saturated heterocycles. The maximum Gasteiger partial charge on any atom is 0.0459 e. The molecule has 1 fully saturated rings. The van der Waals surface area contributed by atoms with Gasteiger partial charge in [0.15, 0.2) is 0 Å². The van der Waals surface area contributed by atoms with Crippen LogP contribution in [-0.4, -0.2) is 29.5 Å². The molecule has 0 amide bonds. The molecule has 1 N–H and O–H groups in total. The molecule has 2 nitrogen and oxygen atoms in total. The van der Waals surface area contributed by atoms with Crippen LogP contribution in [0.15, 0.2) is 24.4 Å². The molecule has 0 radical (unpaired) electrons. The molecule has 2 aliphatic rings. The maximum atomic E-state index is 3.44. The summed E-state index contributed by atoms with van der Waals surface area (Å²) in [5.41, 5.74) is 4.42. The molecule has 94 valence electrons. The number of nitrogens with zero attached hydrogens (tertiary/aromatic N) is 1. The van der Waals surface area contributed by atoms with Gasteiger partial charge in [0, 0.05) is 35.6 Å². The third-order valence-corrected chi connectivity index (χ3v) is 4.93. The van der Waals surface area contributed by atoms with Crippen LogP contribution in [0.1, 0.15) is 30.4 Å². The van der Waals surface area contributed by atoms with Crippen LogP contribution in [0.4, 0.5) is 0 Å². The lowest BCUT2D eigenvalue weighted by molar-refractivity contribution is 0.119. The van der Waals surface area contributed by atoms with Gasteiger partial charge in [-0.15, -0.1) is 0 Å². The predicted octanol–water partition coefficient (Wildman–Crippen LogP) is 3.15. The van der Waals surface area contributed by atoms with E-state index in [0.29, 0.717) is 6.04 Å². The molecule has 2 heteroatoms. The van der Waals surface area contributed by atoms with E-state index in [-0.39, 0.29) is 0 Å². The number of benzene rings is 1. The minimum atomic E-state index is 0.704. The Kier molecular flexibility index (Phi) is 2.13. The molecule has 18 heavy (non-hydrogen) atoms. The molecule has 4 rings (SSSR count). The Bertz CT molecular complexity index is 598. The highest BCUT2D eigenvalue weighted by Crippen LogP contribution is 2.43. The van der Waals surface area contributed by atoms with Crippen molar-refractivity contribution in [3.8, 4) is 0 Å². The van der Waals surface area contributed by atoms with Gasteiger partial charge in [0.2, 0.25) is 0 Å². The summed E-state index contributed by atoms with van der Waals surface area (Å²) < 4.78 is 0. The standard InChI is InChI=1S/C16H20N2/c1-10-6-13-12-4-3-5-14-16(12)11(8-17-14)7-15(13)18(2)9-10/h3-5,8,10,13,15,17H,6-7,9H2,1-2H3/t10-,13+,15-/m1/s1. The van der Waals surface area contributed by atoms with E-state index in [9.17, 15) is 0 Å². The van der Waals surface area contributed by atoms with Crippen LogP contribution in [0.3, 0.4) is 0 Å². The van der Waals surface area contributed by atoms with Gasteiger partial charge in [0.25, 0.3) is 0 Å². The Balaban J connectivity index is 1.92. The molecule has 2 aromatic rings. The first-order chi connectivity index (χ1) is 8.74. The topological polar surface area (TPSA) is 19.0 Å². The van der Waals surface area contributed by atoms with Gasteiger partial charge in [-0.1, -0.05) is 19.1 Å². The summed E-state index contributed by atoms with van der Waals surface area (Å²) in [4.78, 5) is 6.01. The average molecular weight is 240 g/mol. The molecule has 1 aromatic carbocycles. The van der Waals surface area contributed by atoms with Crippen LogP contribution in [0.2, 0.25) is 0 Å². The van der Waals surface area contributed by atoms with Crippen LogP contribution in [-0.2, 0) is 6.42 Å². The van der Waals surface area contributed by atoms with Crippen molar-refractivity contribution in [1.82, 2.24) is 9.88 Å². The third kappa shape index (κ3) is 1.33. The van der Waals surface area contributed by atoms with E-state index in [2.05, 4.69) is 48.3 Å². The van der Waals surface area contributed by atoms with Crippen LogP contribution < -0.4 is 0 Å². The van der Waals surface area contributed by atoms with Gasteiger partial charge in [-0.3, -0.25) is 0 Å². The molecule has 1 aliphatic heterocycles. The van der Waals surface area contributed by atoms with E-state index < -0.39 is 0 Å². The van der Waals surface area contributed by atoms with Crippen molar-refractivity contribution in [1.29, 1.82) is 0 Å². The smallest absolute Gasteiger partial charge is 0.0459 e. The fourth-order valence-electron chi connectivity index (χ4n) is 4.21. The number of hydrogen-bond acceptors (Lipinski definition) is 1. The molecule has 1 aromatic heterocycles. The predicted molar refractivity (Wildman–Crippen MR) is 74.9 cm³/mol. The molecular weight excluding hydrogens is 220 g/mol. The first kappa shape index (κ1) is 10.6. The number of H-pyrrole nitrogens is 1. The quantitative estimate of drug-likeness (QED) is 0.749. The number of rotatable bonds is 0. The Morgan fingerprint density at radius 1 is 1.33 bits per heavy atom. The van der Waals surface area contributed by atoms with E-state index >= 15 is 0 Å². The molecule has 1 aliphatic carbocycles. The Labute approximate surface area is 108 Å². The van der Waals surface area contributed by atoms with Crippen molar-refractivity contribution in [3.05, 3.63) is 35.5 Å². The number of likely N-dealkylation sites (N-methyl/N-ethyl adjacent to an activating group) is 1. The SMILES string of the molecule is C[C@@H]1C[C@H]2c3cccc4[nH]cc(c34)C[C@H]2N(C)C1. The van der Waals surface area contributed by atoms with Gasteiger partial charge in [-0.25, -0.2) is 0 Å². The summed E-state index contributed by atoms with van der Waals surface area (Å²) >= 11 is 0. The fraction of sp³-hybridized carbons (Fsp3) is 0.500. The molecule has 2 heterocycles. The van der Waals surface area contributed by atoms with Gasteiger partial charge < -0.3 is 9.88 Å². The second-order valence-corrected chi connectivity index (χ2v) is 6.24. The number of likely N-dealkylation sites (tertiary alicyclic amines) is 1. The molecular formula is C16H20N2. The van der Waals surface area contributed by atoms with Crippen LogP contribution >= 0.6 is 0 Å². The second-order valence-electron chi connectivity index (χ2n) is 6.24. The largest absolute Gasteiger partial charge is 0.361 e. The Hall–Kier alpha value is -1.28. The first-order valence-corrected chi connectivity index (χ1v) is 7.03. The highest BCUT2D eigenvalue weighted by Gasteiger charge is 2.37. The number of hydrogen-bond donors (Lipinski definition) is 1. The van der Waals surface area contributed by atoms with Gasteiger partial charge in [-0.2, -0.15) is 0 Å². The van der Waals surface area contributed by atoms with Crippen molar-refractivity contribution < 1.29 is 0 Å². The summed E-state index contributed by atoms with van der Waals surface area (Å²) in [7, 11) is 2.30. The lowest BCUT2D eigenvalue weighted by Crippen LogP contribution is -2.47. The third-order valence-electron chi connectivity index (χ3n) is 4.93. The van der Waals surface area contributed by atoms with Crippen molar-refractivity contribution in [2.24, 2.45) is 5.92 Å². The zero-order valence-corrected chi connectivity index (χ0v) is 11.1. The summed E-state index contributed by atoms with van der Waals surface area (Å²) in [6.45, 7) is 3.64. The monoisotopic (exact) mass is 240 g/mol. The van der Waals surface area contributed by atoms with E-state index in [1.807, 2.05) is 0 Å². The first-order valence-electron chi connectivity index (χ1n) is 7.03. The second kappa shape index (κ2) is 3.61. The number of piperidine rings is 1. The average Bonchev–Trinajstić information content (AvgIpc) is 2.76. The highest BCUT2D eigenvalue weighted by atomic mass is 15.1. The lowest BCUT2D eigenvalue weighted by Gasteiger charge is -2.44. The number of aromatic nitrogens is 1. The number of fused-ring (bicyclic) bond motifs is 2. The summed E-state index contributed by atoms with van der Waals surface area (Å²) in [5, 5.41) is 1.52. The Morgan fingerprint density at radius 2 is 2.22 bits per heavy atom. The van der Waals surface area contributed by atoms with Gasteiger partial charge in [0.05, 0.1) is 0 Å². The fourth-order valence-corrected chi connectivity index (χ4v) is 4.21. The summed E-state index contributed by atoms with van der Waals surface area (Å²) in [6, 6.07) is 7.47. The van der Waals surface area contributed by atoms with Crippen molar-refractivity contribution in [3.63, 3.8) is 0 Å². The molecule has 0 unspecified atom stereocenters. The van der Waals surface area contributed by atoms with Crippen molar-refractivity contribution in [2.45, 2.75) is 31.7 Å². The van der Waals surface area contributed by atoms with Gasteiger partial charge in [0.1, 0.15) is 0 Å². The van der Waals surface area contributed by atoms with Crippen LogP contribution in [0.25, 0.3) is 10.9 Å². The summed E-state index contributed by atoms with van der Waals surface area (Å²) in [6.07, 6.45) is 4.78. The highest BCUT2D eigenvalue weighted by molar-refractivity contribution is 5.88. The molecule has 0 bridgehead atoms. The van der Waals surface area contributed by atoms with Crippen molar-refractivity contribution >= 4 is 10.9 Å². The zero-order chi connectivity index (χ0) is 12.3. The maximum absolute atomic E-state index is 3.44.